The quantitative estimate of drug-likeness (QED) is 0.165. The van der Waals surface area contributed by atoms with E-state index in [0.717, 1.165) is 38.3 Å². The van der Waals surface area contributed by atoms with Crippen LogP contribution in [0.15, 0.2) is 405 Å². The van der Waals surface area contributed by atoms with Gasteiger partial charge in [0.1, 0.15) is 0 Å². The normalized spacial score (nSPS) is 13.1. The molecule has 0 amide bonds. The van der Waals surface area contributed by atoms with E-state index in [1.165, 1.54) is 192 Å². The van der Waals surface area contributed by atoms with Crippen LogP contribution in [-0.2, 0) is 10.8 Å². The summed E-state index contributed by atoms with van der Waals surface area (Å²) < 4.78 is 13.4. The largest absolute Gasteiger partial charge is 0.354 e. The van der Waals surface area contributed by atoms with Crippen molar-refractivity contribution >= 4 is 147 Å². The smallest absolute Gasteiger partial charge is 0.0621 e. The zero-order valence-corrected chi connectivity index (χ0v) is 68.8. The third-order valence-corrected chi connectivity index (χ3v) is 26.9. The van der Waals surface area contributed by atoms with Gasteiger partial charge < -0.3 is 27.8 Å². The van der Waals surface area contributed by atoms with Gasteiger partial charge in [0.15, 0.2) is 0 Å². The van der Waals surface area contributed by atoms with Crippen molar-refractivity contribution in [1.82, 2.24) is 27.8 Å². The molecule has 6 heterocycles. The lowest BCUT2D eigenvalue weighted by molar-refractivity contribution is 0.660. The minimum absolute atomic E-state index is 0.121. The Morgan fingerprint density at radius 2 is 0.545 bits per heavy atom. The second kappa shape index (κ2) is 27.1. The minimum Gasteiger partial charge on any atom is -0.354 e. The van der Waals surface area contributed by atoms with Gasteiger partial charge in [0.05, 0.1) is 60.7 Å². The number of nitrogens with zero attached hydrogens (tertiary/aromatic N) is 5. The van der Waals surface area contributed by atoms with E-state index in [9.17, 15) is 0 Å². The third-order valence-electron chi connectivity index (χ3n) is 26.4. The lowest BCUT2D eigenvalue weighted by atomic mass is 9.82. The molecule has 0 unspecified atom stereocenters. The van der Waals surface area contributed by atoms with Gasteiger partial charge >= 0.3 is 0 Å². The summed E-state index contributed by atoms with van der Waals surface area (Å²) in [6.45, 7) is 9.34. The highest BCUT2D eigenvalue weighted by atomic mass is 79.9. The molecule has 6 nitrogen and oxygen atoms in total. The van der Waals surface area contributed by atoms with Gasteiger partial charge in [-0.3, -0.25) is 0 Å². The number of hydrogen-bond donors (Lipinski definition) is 1. The van der Waals surface area contributed by atoms with E-state index in [-0.39, 0.29) is 10.8 Å². The SMILES string of the molecule is CC1(C)c2ccccc2-c2ccc(-n3c4ccccc4c4cc(-n5c6ccccc6c6ccccc65)cc(-c5ccc6c7ccccc7n(-c7ccccc7)c6c5)c43)cc21.CC1(C)c2ccccc2-c2ccc(Br)cc21.c1ccc(-n2c3ccccc3c3ccc(-c4cc(-n5c6ccccc6c6ccccc65)cc5c4[nH]c4ccccc45)cc32)cc1. The summed E-state index contributed by atoms with van der Waals surface area (Å²) in [6, 6.07) is 147. The molecular formula is C114H79BrN6. The van der Waals surface area contributed by atoms with Crippen molar-refractivity contribution in [3.63, 3.8) is 0 Å². The van der Waals surface area contributed by atoms with E-state index in [1.54, 1.807) is 0 Å². The fourth-order valence-electron chi connectivity index (χ4n) is 20.9. The number of halogens is 1. The van der Waals surface area contributed by atoms with Crippen LogP contribution in [0.4, 0.5) is 0 Å². The van der Waals surface area contributed by atoms with E-state index in [0.29, 0.717) is 0 Å². The summed E-state index contributed by atoms with van der Waals surface area (Å²) in [5.41, 5.74) is 35.9. The number of hydrogen-bond acceptors (Lipinski definition) is 0. The monoisotopic (exact) mass is 1610 g/mol. The molecule has 0 saturated heterocycles. The lowest BCUT2D eigenvalue weighted by Gasteiger charge is -2.22. The Morgan fingerprint density at radius 1 is 0.207 bits per heavy atom. The Kier molecular flexibility index (Phi) is 15.8. The van der Waals surface area contributed by atoms with Crippen LogP contribution in [0.2, 0.25) is 0 Å². The van der Waals surface area contributed by atoms with E-state index in [1.807, 2.05) is 0 Å². The van der Waals surface area contributed by atoms with Crippen molar-refractivity contribution in [3.05, 3.63) is 427 Å². The van der Waals surface area contributed by atoms with Crippen LogP contribution in [0.1, 0.15) is 49.9 Å². The van der Waals surface area contributed by atoms with Gasteiger partial charge in [0, 0.05) is 125 Å². The van der Waals surface area contributed by atoms with Crippen LogP contribution < -0.4 is 0 Å². The van der Waals surface area contributed by atoms with Gasteiger partial charge in [0.2, 0.25) is 0 Å². The first kappa shape index (κ1) is 70.4. The zero-order chi connectivity index (χ0) is 80.5. The molecular weight excluding hydrogens is 1530 g/mol. The topological polar surface area (TPSA) is 40.4 Å². The number of H-pyrrole nitrogens is 1. The van der Waals surface area contributed by atoms with E-state index >= 15 is 0 Å². The van der Waals surface area contributed by atoms with Crippen molar-refractivity contribution in [2.24, 2.45) is 0 Å². The predicted molar refractivity (Wildman–Crippen MR) is 514 cm³/mol. The minimum atomic E-state index is -0.122. The summed E-state index contributed by atoms with van der Waals surface area (Å²) in [4.78, 5) is 3.80. The average Bonchev–Trinajstić information content (AvgIpc) is 1.55. The van der Waals surface area contributed by atoms with Crippen molar-refractivity contribution in [1.29, 1.82) is 0 Å². The number of aromatic amines is 1. The fourth-order valence-corrected chi connectivity index (χ4v) is 21.2. The molecule has 572 valence electrons. The van der Waals surface area contributed by atoms with Crippen molar-refractivity contribution in [2.75, 3.05) is 0 Å². The second-order valence-electron chi connectivity index (χ2n) is 33.7. The highest BCUT2D eigenvalue weighted by molar-refractivity contribution is 9.10. The average molecular weight is 1610 g/mol. The summed E-state index contributed by atoms with van der Waals surface area (Å²) in [5, 5.41) is 15.0. The fraction of sp³-hybridized carbons (Fsp3) is 0.0526. The van der Waals surface area contributed by atoms with Crippen LogP contribution in [-0.4, -0.2) is 27.8 Å². The number of aromatic nitrogens is 6. The number of para-hydroxylation sites is 10. The highest BCUT2D eigenvalue weighted by Crippen LogP contribution is 2.53. The number of benzene rings is 18. The lowest BCUT2D eigenvalue weighted by Crippen LogP contribution is -2.15. The summed E-state index contributed by atoms with van der Waals surface area (Å²) in [6.07, 6.45) is 0. The molecule has 0 fully saturated rings. The molecule has 2 aliphatic rings. The molecule has 1 N–H and O–H groups in total. The molecule has 0 bridgehead atoms. The first-order valence-electron chi connectivity index (χ1n) is 41.9. The summed E-state index contributed by atoms with van der Waals surface area (Å²) >= 11 is 3.56. The molecule has 6 aromatic heterocycles. The van der Waals surface area contributed by atoms with E-state index in [4.69, 9.17) is 0 Å². The maximum atomic E-state index is 3.80. The van der Waals surface area contributed by atoms with Crippen molar-refractivity contribution in [3.8, 4) is 72.9 Å². The van der Waals surface area contributed by atoms with Gasteiger partial charge in [-0.05, 0) is 189 Å². The number of nitrogens with one attached hydrogen (secondary N) is 1. The van der Waals surface area contributed by atoms with Gasteiger partial charge in [-0.15, -0.1) is 0 Å². The number of rotatable bonds is 7. The Hall–Kier alpha value is -14.8. The Morgan fingerprint density at radius 3 is 1.02 bits per heavy atom. The van der Waals surface area contributed by atoms with Crippen molar-refractivity contribution in [2.45, 2.75) is 38.5 Å². The summed E-state index contributed by atoms with van der Waals surface area (Å²) in [7, 11) is 0. The van der Waals surface area contributed by atoms with E-state index < -0.39 is 0 Å². The van der Waals surface area contributed by atoms with Crippen LogP contribution in [0.25, 0.3) is 204 Å². The van der Waals surface area contributed by atoms with Crippen LogP contribution in [0.5, 0.6) is 0 Å². The maximum absolute atomic E-state index is 3.80. The molecule has 18 aromatic carbocycles. The van der Waals surface area contributed by atoms with Gasteiger partial charge in [-0.1, -0.05) is 311 Å². The predicted octanol–water partition coefficient (Wildman–Crippen LogP) is 30.9. The third kappa shape index (κ3) is 10.7. The molecule has 121 heavy (non-hydrogen) atoms. The Balaban J connectivity index is 0.000000119. The Bertz CT molecular complexity index is 8310. The maximum Gasteiger partial charge on any atom is 0.0621 e. The molecule has 0 atom stereocenters. The first-order chi connectivity index (χ1) is 59.5. The summed E-state index contributed by atoms with van der Waals surface area (Å²) in [5.74, 6) is 0. The molecule has 0 spiro atoms. The molecule has 24 aromatic rings. The van der Waals surface area contributed by atoms with Gasteiger partial charge in [0.25, 0.3) is 0 Å². The molecule has 0 radical (unpaired) electrons. The van der Waals surface area contributed by atoms with Crippen LogP contribution in [0.3, 0.4) is 0 Å². The second-order valence-corrected chi connectivity index (χ2v) is 34.6. The number of fused-ring (bicyclic) bond motifs is 24. The first-order valence-corrected chi connectivity index (χ1v) is 42.7. The van der Waals surface area contributed by atoms with Crippen LogP contribution >= 0.6 is 15.9 Å². The Labute approximate surface area is 708 Å². The zero-order valence-electron chi connectivity index (χ0n) is 67.2. The highest BCUT2D eigenvalue weighted by Gasteiger charge is 2.37. The molecule has 7 heteroatoms. The molecule has 26 rings (SSSR count). The van der Waals surface area contributed by atoms with Crippen molar-refractivity contribution < 1.29 is 0 Å². The van der Waals surface area contributed by atoms with Crippen LogP contribution in [0, 0.1) is 0 Å². The molecule has 0 saturated carbocycles. The van der Waals surface area contributed by atoms with Gasteiger partial charge in [-0.2, -0.15) is 0 Å². The van der Waals surface area contributed by atoms with E-state index in [2.05, 4.69) is 472 Å². The standard InChI is InChI=1S/C57H39N3.C42H27N3.C15H13Br/c1-57(2)49-23-11-6-18-40(49)41-31-29-38(35-50(41)57)60-54-27-15-10-22-45(54)48-34-39(59-52-25-13-7-19-42(52)43-20-8-14-26-53(43)59)33-47(56(48)60)36-28-30-46-44-21-9-12-24-51(44)58(55(46)32-36)37-16-4-3-5-17-37;1-2-12-28(13-3-1)44-38-19-9-7-17-33(38)34-23-22-27(24-41(34)44)35-25-29(26-36-30-14-4-8-18-37(30)43-42(35)36)45-39-20-10-5-15-31(39)32-16-6-11-21-40(32)45;1-15(2)13-6-4-3-5-11(13)12-8-7-10(16)9-14(12)15/h3-35H,1-2H3;1-26,43H;3-9H,1-2H3. The molecule has 2 aliphatic carbocycles. The van der Waals surface area contributed by atoms with Gasteiger partial charge in [-0.25, -0.2) is 0 Å². The molecule has 0 aliphatic heterocycles.